The van der Waals surface area contributed by atoms with Gasteiger partial charge in [-0.25, -0.2) is 0 Å². The van der Waals surface area contributed by atoms with Gasteiger partial charge in [0.2, 0.25) is 0 Å². The van der Waals surface area contributed by atoms with Crippen molar-refractivity contribution >= 4 is 26.7 Å². The number of halogens is 1. The smallest absolute Gasteiger partial charge is 0.0406 e. The van der Waals surface area contributed by atoms with E-state index in [-0.39, 0.29) is 5.41 Å². The van der Waals surface area contributed by atoms with Crippen LogP contribution in [0.4, 0.5) is 0 Å². The maximum absolute atomic E-state index is 3.83. The molecule has 0 amide bonds. The third-order valence-corrected chi connectivity index (χ3v) is 4.80. The molecule has 0 aromatic heterocycles. The Morgan fingerprint density at radius 1 is 1.18 bits per heavy atom. The van der Waals surface area contributed by atoms with Gasteiger partial charge in [-0.15, -0.1) is 0 Å². The second-order valence-electron chi connectivity index (χ2n) is 5.76. The van der Waals surface area contributed by atoms with E-state index < -0.39 is 0 Å². The Morgan fingerprint density at radius 3 is 2.53 bits per heavy atom. The molecule has 0 aliphatic heterocycles. The van der Waals surface area contributed by atoms with Crippen molar-refractivity contribution in [1.82, 2.24) is 0 Å². The first-order valence-electron chi connectivity index (χ1n) is 6.17. The van der Waals surface area contributed by atoms with Crippen molar-refractivity contribution in [2.75, 3.05) is 0 Å². The number of hydrogen-bond acceptors (Lipinski definition) is 0. The molecule has 0 N–H and O–H groups in total. The monoisotopic (exact) mass is 288 g/mol. The van der Waals surface area contributed by atoms with Crippen LogP contribution in [0.1, 0.15) is 41.8 Å². The Kier molecular flexibility index (Phi) is 2.38. The third-order valence-electron chi connectivity index (χ3n) is 3.99. The molecule has 0 nitrogen and oxygen atoms in total. The molecular weight excluding hydrogens is 272 g/mol. The summed E-state index contributed by atoms with van der Waals surface area (Å²) < 4.78 is 0. The van der Waals surface area contributed by atoms with Crippen molar-refractivity contribution in [1.29, 1.82) is 0 Å². The highest BCUT2D eigenvalue weighted by molar-refractivity contribution is 9.09. The van der Waals surface area contributed by atoms with E-state index in [1.165, 1.54) is 28.3 Å². The second-order valence-corrected chi connectivity index (χ2v) is 6.86. The van der Waals surface area contributed by atoms with Gasteiger partial charge in [-0.2, -0.15) is 0 Å². The first-order chi connectivity index (χ1) is 8.00. The summed E-state index contributed by atoms with van der Waals surface area (Å²) in [4.78, 5) is 0.510. The lowest BCUT2D eigenvalue weighted by Gasteiger charge is -2.21. The minimum absolute atomic E-state index is 0.275. The molecule has 2 aromatic carbocycles. The highest BCUT2D eigenvalue weighted by Gasteiger charge is 2.37. The molecule has 88 valence electrons. The van der Waals surface area contributed by atoms with Gasteiger partial charge in [-0.1, -0.05) is 60.1 Å². The Hall–Kier alpha value is -0.820. The fourth-order valence-corrected chi connectivity index (χ4v) is 4.42. The number of hydrogen-bond donors (Lipinski definition) is 0. The fourth-order valence-electron chi connectivity index (χ4n) is 3.25. The zero-order valence-corrected chi connectivity index (χ0v) is 12.1. The summed E-state index contributed by atoms with van der Waals surface area (Å²) in [6, 6.07) is 11.2. The van der Waals surface area contributed by atoms with Crippen LogP contribution in [0.25, 0.3) is 10.8 Å². The fraction of sp³-hybridized carbons (Fsp3) is 0.375. The molecule has 1 unspecified atom stereocenters. The van der Waals surface area contributed by atoms with Gasteiger partial charge in [-0.05, 0) is 46.2 Å². The van der Waals surface area contributed by atoms with E-state index in [1.54, 1.807) is 5.56 Å². The van der Waals surface area contributed by atoms with Crippen LogP contribution in [-0.2, 0) is 5.41 Å². The zero-order valence-electron chi connectivity index (χ0n) is 10.5. The largest absolute Gasteiger partial charge is 0.0838 e. The first-order valence-corrected chi connectivity index (χ1v) is 7.09. The van der Waals surface area contributed by atoms with E-state index in [1.807, 2.05) is 0 Å². The molecule has 3 rings (SSSR count). The molecule has 0 fully saturated rings. The van der Waals surface area contributed by atoms with Crippen LogP contribution < -0.4 is 0 Å². The number of alkyl halides is 1. The lowest BCUT2D eigenvalue weighted by molar-refractivity contribution is 0.524. The van der Waals surface area contributed by atoms with Gasteiger partial charge >= 0.3 is 0 Å². The Balaban J connectivity index is 2.47. The van der Waals surface area contributed by atoms with Crippen molar-refractivity contribution in [3.63, 3.8) is 0 Å². The molecule has 17 heavy (non-hydrogen) atoms. The molecule has 1 heteroatoms. The molecule has 1 aliphatic rings. The van der Waals surface area contributed by atoms with Crippen molar-refractivity contribution in [3.05, 3.63) is 47.0 Å². The van der Waals surface area contributed by atoms with Gasteiger partial charge in [-0.3, -0.25) is 0 Å². The van der Waals surface area contributed by atoms with Crippen molar-refractivity contribution in [3.8, 4) is 0 Å². The summed E-state index contributed by atoms with van der Waals surface area (Å²) in [5, 5.41) is 2.84. The quantitative estimate of drug-likeness (QED) is 0.580. The predicted octanol–water partition coefficient (Wildman–Crippen LogP) is 5.27. The minimum atomic E-state index is 0.275. The molecule has 0 bridgehead atoms. The lowest BCUT2D eigenvalue weighted by Crippen LogP contribution is -2.12. The second kappa shape index (κ2) is 3.58. The average molecular weight is 289 g/mol. The summed E-state index contributed by atoms with van der Waals surface area (Å²) in [5.74, 6) is 0. The van der Waals surface area contributed by atoms with E-state index in [9.17, 15) is 0 Å². The number of fused-ring (bicyclic) bond motifs is 3. The SMILES string of the molecule is Cc1cc2c(c3ccccc13)C(C)(C)CC2Br. The number of benzene rings is 2. The Labute approximate surface area is 111 Å². The normalized spacial score (nSPS) is 21.8. The summed E-state index contributed by atoms with van der Waals surface area (Å²) in [7, 11) is 0. The van der Waals surface area contributed by atoms with Gasteiger partial charge in [0.15, 0.2) is 0 Å². The summed E-state index contributed by atoms with van der Waals surface area (Å²) in [5.41, 5.74) is 4.70. The lowest BCUT2D eigenvalue weighted by atomic mass is 9.83. The molecule has 0 heterocycles. The van der Waals surface area contributed by atoms with Crippen LogP contribution in [0.2, 0.25) is 0 Å². The van der Waals surface area contributed by atoms with Crippen LogP contribution in [0.3, 0.4) is 0 Å². The van der Waals surface area contributed by atoms with Crippen LogP contribution in [-0.4, -0.2) is 0 Å². The zero-order chi connectivity index (χ0) is 12.2. The first kappa shape index (κ1) is 11.3. The maximum Gasteiger partial charge on any atom is 0.0406 e. The van der Waals surface area contributed by atoms with Gasteiger partial charge in [0, 0.05) is 4.83 Å². The van der Waals surface area contributed by atoms with Crippen molar-refractivity contribution < 1.29 is 0 Å². The van der Waals surface area contributed by atoms with Gasteiger partial charge < -0.3 is 0 Å². The van der Waals surface area contributed by atoms with Gasteiger partial charge in [0.1, 0.15) is 0 Å². The number of aryl methyl sites for hydroxylation is 1. The molecule has 0 saturated carbocycles. The predicted molar refractivity (Wildman–Crippen MR) is 78.0 cm³/mol. The van der Waals surface area contributed by atoms with Crippen LogP contribution in [0.15, 0.2) is 30.3 Å². The highest BCUT2D eigenvalue weighted by atomic mass is 79.9. The van der Waals surface area contributed by atoms with Crippen LogP contribution >= 0.6 is 15.9 Å². The maximum atomic E-state index is 3.83. The minimum Gasteiger partial charge on any atom is -0.0838 e. The average Bonchev–Trinajstić information content (AvgIpc) is 2.49. The van der Waals surface area contributed by atoms with E-state index in [4.69, 9.17) is 0 Å². The molecule has 1 atom stereocenters. The molecule has 2 aromatic rings. The van der Waals surface area contributed by atoms with E-state index in [2.05, 4.69) is 67.0 Å². The van der Waals surface area contributed by atoms with Gasteiger partial charge in [0.25, 0.3) is 0 Å². The molecule has 1 aliphatic carbocycles. The Bertz CT molecular complexity index is 596. The van der Waals surface area contributed by atoms with Crippen LogP contribution in [0, 0.1) is 6.92 Å². The van der Waals surface area contributed by atoms with Crippen molar-refractivity contribution in [2.24, 2.45) is 0 Å². The van der Waals surface area contributed by atoms with Crippen LogP contribution in [0.5, 0.6) is 0 Å². The summed E-state index contributed by atoms with van der Waals surface area (Å²) in [6.45, 7) is 6.93. The van der Waals surface area contributed by atoms with Crippen molar-refractivity contribution in [2.45, 2.75) is 37.4 Å². The van der Waals surface area contributed by atoms with E-state index >= 15 is 0 Å². The topological polar surface area (TPSA) is 0 Å². The van der Waals surface area contributed by atoms with E-state index in [0.29, 0.717) is 4.83 Å². The standard InChI is InChI=1S/C16H17Br/c1-10-8-13-14(17)9-16(2,3)15(13)12-7-5-4-6-11(10)12/h4-8,14H,9H2,1-3H3. The highest BCUT2D eigenvalue weighted by Crippen LogP contribution is 2.51. The molecule has 0 radical (unpaired) electrons. The van der Waals surface area contributed by atoms with Gasteiger partial charge in [0.05, 0.1) is 0 Å². The Morgan fingerprint density at radius 2 is 1.82 bits per heavy atom. The third kappa shape index (κ3) is 1.55. The molecule has 0 saturated heterocycles. The van der Waals surface area contributed by atoms with E-state index in [0.717, 1.165) is 0 Å². The number of rotatable bonds is 0. The molecular formula is C16H17Br. The molecule has 0 spiro atoms. The summed E-state index contributed by atoms with van der Waals surface area (Å²) >= 11 is 3.83. The summed E-state index contributed by atoms with van der Waals surface area (Å²) in [6.07, 6.45) is 1.19.